The van der Waals surface area contributed by atoms with Crippen molar-refractivity contribution in [3.05, 3.63) is 52.5 Å². The molecule has 2 aromatic heterocycles. The summed E-state index contributed by atoms with van der Waals surface area (Å²) in [6.07, 6.45) is 4.17. The van der Waals surface area contributed by atoms with E-state index in [-0.39, 0.29) is 11.3 Å². The number of nitrogens with zero attached hydrogens (tertiary/aromatic N) is 3. The Morgan fingerprint density at radius 2 is 2.24 bits per heavy atom. The Morgan fingerprint density at radius 3 is 2.86 bits per heavy atom. The van der Waals surface area contributed by atoms with Crippen LogP contribution in [0.2, 0.25) is 0 Å². The Kier molecular flexibility index (Phi) is 4.39. The molecule has 2 N–H and O–H groups in total. The van der Waals surface area contributed by atoms with Crippen molar-refractivity contribution in [3.63, 3.8) is 0 Å². The summed E-state index contributed by atoms with van der Waals surface area (Å²) >= 11 is 0. The van der Waals surface area contributed by atoms with Crippen molar-refractivity contribution in [2.75, 3.05) is 17.2 Å². The first-order valence-electron chi connectivity index (χ1n) is 6.21. The Balaban J connectivity index is 2.33. The minimum atomic E-state index is -0.594. The van der Waals surface area contributed by atoms with E-state index in [1.807, 2.05) is 6.92 Å². The van der Waals surface area contributed by atoms with E-state index in [1.165, 1.54) is 12.3 Å². The average Bonchev–Trinajstić information content (AvgIpc) is 2.48. The lowest BCUT2D eigenvalue weighted by molar-refractivity contribution is -0.385. The molecule has 21 heavy (non-hydrogen) atoms. The number of rotatable bonds is 5. The third-order valence-corrected chi connectivity index (χ3v) is 2.59. The molecule has 0 bridgehead atoms. The van der Waals surface area contributed by atoms with Gasteiger partial charge in [-0.25, -0.2) is 4.98 Å². The molecule has 0 saturated heterocycles. The van der Waals surface area contributed by atoms with Crippen LogP contribution in [-0.2, 0) is 0 Å². The van der Waals surface area contributed by atoms with Gasteiger partial charge in [-0.15, -0.1) is 0 Å². The molecule has 0 aromatic carbocycles. The molecule has 0 radical (unpaired) electrons. The lowest BCUT2D eigenvalue weighted by Gasteiger charge is -2.09. The molecule has 0 aliphatic carbocycles. The van der Waals surface area contributed by atoms with Gasteiger partial charge >= 0.3 is 0 Å². The summed E-state index contributed by atoms with van der Waals surface area (Å²) < 4.78 is 0. The molecule has 2 rings (SSSR count). The minimum absolute atomic E-state index is 0.106. The number of nitrogens with one attached hydrogen (secondary N) is 2. The molecular weight excluding hydrogens is 274 g/mol. The molecule has 2 aromatic rings. The van der Waals surface area contributed by atoms with E-state index in [9.17, 15) is 14.9 Å². The molecule has 0 aliphatic heterocycles. The van der Waals surface area contributed by atoms with E-state index in [0.29, 0.717) is 18.1 Å². The van der Waals surface area contributed by atoms with Crippen LogP contribution in [0.15, 0.2) is 36.8 Å². The van der Waals surface area contributed by atoms with Gasteiger partial charge in [-0.3, -0.25) is 19.9 Å². The van der Waals surface area contributed by atoms with Crippen LogP contribution in [0.5, 0.6) is 0 Å². The molecule has 0 fully saturated rings. The van der Waals surface area contributed by atoms with Crippen molar-refractivity contribution in [2.45, 2.75) is 6.92 Å². The summed E-state index contributed by atoms with van der Waals surface area (Å²) in [5, 5.41) is 16.3. The van der Waals surface area contributed by atoms with E-state index in [1.54, 1.807) is 18.3 Å². The van der Waals surface area contributed by atoms with Gasteiger partial charge in [-0.2, -0.15) is 0 Å². The molecule has 108 valence electrons. The summed E-state index contributed by atoms with van der Waals surface area (Å²) in [6.45, 7) is 2.38. The molecule has 0 spiro atoms. The van der Waals surface area contributed by atoms with Gasteiger partial charge < -0.3 is 10.6 Å². The Hall–Kier alpha value is -3.03. The van der Waals surface area contributed by atoms with E-state index >= 15 is 0 Å². The summed E-state index contributed by atoms with van der Waals surface area (Å²) in [5.41, 5.74) is 0.361. The molecule has 0 aliphatic rings. The second-order valence-electron chi connectivity index (χ2n) is 4.07. The van der Waals surface area contributed by atoms with Crippen molar-refractivity contribution in [1.82, 2.24) is 9.97 Å². The number of anilines is 2. The molecule has 8 heteroatoms. The molecule has 0 atom stereocenters. The van der Waals surface area contributed by atoms with Crippen LogP contribution < -0.4 is 10.6 Å². The van der Waals surface area contributed by atoms with E-state index in [0.717, 1.165) is 6.20 Å². The topological polar surface area (TPSA) is 110 Å². The van der Waals surface area contributed by atoms with Crippen LogP contribution >= 0.6 is 0 Å². The Labute approximate surface area is 120 Å². The zero-order valence-corrected chi connectivity index (χ0v) is 11.2. The van der Waals surface area contributed by atoms with Gasteiger partial charge in [0, 0.05) is 18.8 Å². The highest BCUT2D eigenvalue weighted by Gasteiger charge is 2.18. The van der Waals surface area contributed by atoms with E-state index in [2.05, 4.69) is 20.6 Å². The lowest BCUT2D eigenvalue weighted by atomic mass is 10.2. The third kappa shape index (κ3) is 3.50. The highest BCUT2D eigenvalue weighted by atomic mass is 16.6. The van der Waals surface area contributed by atoms with Crippen molar-refractivity contribution >= 4 is 23.1 Å². The summed E-state index contributed by atoms with van der Waals surface area (Å²) in [6, 6.07) is 4.53. The Bertz CT molecular complexity index is 660. The van der Waals surface area contributed by atoms with E-state index < -0.39 is 10.8 Å². The highest BCUT2D eigenvalue weighted by Crippen LogP contribution is 2.20. The van der Waals surface area contributed by atoms with Crippen molar-refractivity contribution < 1.29 is 9.72 Å². The van der Waals surface area contributed by atoms with Gasteiger partial charge in [-0.1, -0.05) is 0 Å². The van der Waals surface area contributed by atoms with Crippen LogP contribution in [-0.4, -0.2) is 27.3 Å². The van der Waals surface area contributed by atoms with Gasteiger partial charge in [0.1, 0.15) is 12.0 Å². The summed E-state index contributed by atoms with van der Waals surface area (Å²) in [5.74, 6) is -0.195. The maximum absolute atomic E-state index is 12.2. The minimum Gasteiger partial charge on any atom is -0.370 e. The van der Waals surface area contributed by atoms with Crippen LogP contribution in [0.25, 0.3) is 0 Å². The normalized spacial score (nSPS) is 9.95. The fourth-order valence-electron chi connectivity index (χ4n) is 1.67. The number of carbonyl (C=O) groups is 1. The molecule has 1 amide bonds. The molecular formula is C13H13N5O3. The fourth-order valence-corrected chi connectivity index (χ4v) is 1.67. The zero-order chi connectivity index (χ0) is 15.2. The predicted octanol–water partition coefficient (Wildman–Crippen LogP) is 2.07. The maximum Gasteiger partial charge on any atom is 0.288 e. The Morgan fingerprint density at radius 1 is 1.43 bits per heavy atom. The maximum atomic E-state index is 12.2. The SMILES string of the molecule is CCNc1ncc([N+](=O)[O-])cc1C(=O)Nc1cccnc1. The zero-order valence-electron chi connectivity index (χ0n) is 11.2. The lowest BCUT2D eigenvalue weighted by Crippen LogP contribution is -2.16. The van der Waals surface area contributed by atoms with Crippen molar-refractivity contribution in [2.24, 2.45) is 0 Å². The third-order valence-electron chi connectivity index (χ3n) is 2.59. The fraction of sp³-hybridized carbons (Fsp3) is 0.154. The number of hydrogen-bond donors (Lipinski definition) is 2. The largest absolute Gasteiger partial charge is 0.370 e. The first-order valence-corrected chi connectivity index (χ1v) is 6.21. The van der Waals surface area contributed by atoms with Gasteiger partial charge in [0.2, 0.25) is 0 Å². The van der Waals surface area contributed by atoms with Crippen LogP contribution in [0, 0.1) is 10.1 Å². The summed E-state index contributed by atoms with van der Waals surface area (Å²) in [4.78, 5) is 30.3. The number of pyridine rings is 2. The number of nitro groups is 1. The number of hydrogen-bond acceptors (Lipinski definition) is 6. The first-order chi connectivity index (χ1) is 10.1. The number of carbonyl (C=O) groups excluding carboxylic acids is 1. The molecule has 2 heterocycles. The van der Waals surface area contributed by atoms with Gasteiger partial charge in [0.25, 0.3) is 11.6 Å². The van der Waals surface area contributed by atoms with Gasteiger partial charge in [0.15, 0.2) is 0 Å². The number of aromatic nitrogens is 2. The summed E-state index contributed by atoms with van der Waals surface area (Å²) in [7, 11) is 0. The molecule has 8 nitrogen and oxygen atoms in total. The number of amides is 1. The average molecular weight is 287 g/mol. The van der Waals surface area contributed by atoms with Crippen LogP contribution in [0.4, 0.5) is 17.2 Å². The second kappa shape index (κ2) is 6.42. The van der Waals surface area contributed by atoms with Gasteiger partial charge in [0.05, 0.1) is 22.4 Å². The molecule has 0 saturated carbocycles. The van der Waals surface area contributed by atoms with Gasteiger partial charge in [-0.05, 0) is 19.1 Å². The predicted molar refractivity (Wildman–Crippen MR) is 77.2 cm³/mol. The quantitative estimate of drug-likeness (QED) is 0.643. The molecule has 0 unspecified atom stereocenters. The van der Waals surface area contributed by atoms with Crippen LogP contribution in [0.1, 0.15) is 17.3 Å². The first kappa shape index (κ1) is 14.4. The van der Waals surface area contributed by atoms with Crippen LogP contribution in [0.3, 0.4) is 0 Å². The van der Waals surface area contributed by atoms with Crippen molar-refractivity contribution in [1.29, 1.82) is 0 Å². The monoisotopic (exact) mass is 287 g/mol. The second-order valence-corrected chi connectivity index (χ2v) is 4.07. The smallest absolute Gasteiger partial charge is 0.288 e. The van der Waals surface area contributed by atoms with Crippen molar-refractivity contribution in [3.8, 4) is 0 Å². The highest BCUT2D eigenvalue weighted by molar-refractivity contribution is 6.07. The van der Waals surface area contributed by atoms with E-state index in [4.69, 9.17) is 0 Å². The standard InChI is InChI=1S/C13H13N5O3/c1-2-15-12-11(6-10(8-16-12)18(20)21)13(19)17-9-4-3-5-14-7-9/h3-8H,2H2,1H3,(H,15,16)(H,17,19).